The molecule has 108 valence electrons. The number of benzene rings is 2. The van der Waals surface area contributed by atoms with Crippen LogP contribution in [0.15, 0.2) is 36.4 Å². The van der Waals surface area contributed by atoms with E-state index in [9.17, 15) is 5.11 Å². The average Bonchev–Trinajstić information content (AvgIpc) is 2.48. The summed E-state index contributed by atoms with van der Waals surface area (Å²) >= 11 is 0. The topological polar surface area (TPSA) is 32.7 Å². The number of ether oxygens (including phenoxy) is 1. The van der Waals surface area contributed by atoms with Crippen LogP contribution in [0.4, 0.5) is 0 Å². The third kappa shape index (κ3) is 3.30. The molecule has 1 N–H and O–H groups in total. The zero-order chi connectivity index (χ0) is 14.4. The van der Waals surface area contributed by atoms with Crippen LogP contribution in [0.2, 0.25) is 0 Å². The van der Waals surface area contributed by atoms with Gasteiger partial charge in [-0.3, -0.25) is 4.90 Å². The molecule has 3 nitrogen and oxygen atoms in total. The summed E-state index contributed by atoms with van der Waals surface area (Å²) in [4.78, 5) is 2.29. The molecule has 3 heteroatoms. The van der Waals surface area contributed by atoms with E-state index in [1.54, 1.807) is 7.11 Å². The van der Waals surface area contributed by atoms with Crippen molar-refractivity contribution in [3.63, 3.8) is 0 Å². The number of hydrogen-bond acceptors (Lipinski definition) is 3. The second-order valence-electron chi connectivity index (χ2n) is 4.97. The summed E-state index contributed by atoms with van der Waals surface area (Å²) < 4.78 is 5.43. The van der Waals surface area contributed by atoms with Crippen LogP contribution in [0, 0.1) is 0 Å². The van der Waals surface area contributed by atoms with E-state index in [-0.39, 0.29) is 6.61 Å². The molecule has 0 saturated heterocycles. The minimum absolute atomic E-state index is 0.202. The first-order valence-electron chi connectivity index (χ1n) is 7.18. The van der Waals surface area contributed by atoms with E-state index in [4.69, 9.17) is 4.74 Å². The van der Waals surface area contributed by atoms with Gasteiger partial charge < -0.3 is 9.84 Å². The van der Waals surface area contributed by atoms with Crippen molar-refractivity contribution in [3.8, 4) is 5.75 Å². The number of aliphatic hydroxyl groups is 1. The monoisotopic (exact) mass is 273 g/mol. The summed E-state index contributed by atoms with van der Waals surface area (Å²) in [7, 11) is 1.70. The van der Waals surface area contributed by atoms with Crippen molar-refractivity contribution in [2.24, 2.45) is 0 Å². The third-order valence-electron chi connectivity index (χ3n) is 3.54. The molecular weight excluding hydrogens is 250 g/mol. The van der Waals surface area contributed by atoms with E-state index in [1.165, 1.54) is 10.9 Å². The van der Waals surface area contributed by atoms with E-state index in [0.29, 0.717) is 6.54 Å². The normalized spacial score (nSPS) is 11.2. The molecule has 0 aliphatic rings. The first-order chi connectivity index (χ1) is 9.80. The van der Waals surface area contributed by atoms with E-state index in [2.05, 4.69) is 36.1 Å². The highest BCUT2D eigenvalue weighted by atomic mass is 16.5. The molecule has 0 aliphatic carbocycles. The Morgan fingerprint density at radius 3 is 2.45 bits per heavy atom. The van der Waals surface area contributed by atoms with Crippen LogP contribution < -0.4 is 4.74 Å². The number of hydrogen-bond donors (Lipinski definition) is 1. The van der Waals surface area contributed by atoms with Gasteiger partial charge in [0.05, 0.1) is 13.7 Å². The number of nitrogens with zero attached hydrogens (tertiary/aromatic N) is 1. The zero-order valence-electron chi connectivity index (χ0n) is 12.3. The highest BCUT2D eigenvalue weighted by molar-refractivity contribution is 5.91. The Kier molecular flexibility index (Phi) is 5.39. The van der Waals surface area contributed by atoms with Crippen molar-refractivity contribution >= 4 is 10.8 Å². The van der Waals surface area contributed by atoms with Gasteiger partial charge in [0.1, 0.15) is 5.75 Å². The standard InChI is InChI=1S/C17H23NO2/c1-3-10-18(11-12-19)13-14-8-9-17(20-2)16-7-5-4-6-15(14)16/h4-9,19H,3,10-13H2,1-2H3. The first kappa shape index (κ1) is 14.8. The van der Waals surface area contributed by atoms with Crippen molar-refractivity contribution in [1.29, 1.82) is 0 Å². The second kappa shape index (κ2) is 7.27. The van der Waals surface area contributed by atoms with Gasteiger partial charge >= 0.3 is 0 Å². The van der Waals surface area contributed by atoms with Crippen LogP contribution in [-0.4, -0.2) is 36.8 Å². The Balaban J connectivity index is 2.34. The van der Waals surface area contributed by atoms with Crippen molar-refractivity contribution in [2.75, 3.05) is 26.8 Å². The maximum Gasteiger partial charge on any atom is 0.126 e. The quantitative estimate of drug-likeness (QED) is 0.841. The number of aliphatic hydroxyl groups excluding tert-OH is 1. The van der Waals surface area contributed by atoms with Gasteiger partial charge in [-0.2, -0.15) is 0 Å². The molecule has 0 amide bonds. The Morgan fingerprint density at radius 1 is 1.05 bits per heavy atom. The van der Waals surface area contributed by atoms with E-state index in [1.807, 2.05) is 12.1 Å². The molecule has 0 bridgehead atoms. The number of methoxy groups -OCH3 is 1. The van der Waals surface area contributed by atoms with Crippen LogP contribution in [0.3, 0.4) is 0 Å². The van der Waals surface area contributed by atoms with Gasteiger partial charge in [0.2, 0.25) is 0 Å². The van der Waals surface area contributed by atoms with Gasteiger partial charge in [0, 0.05) is 18.5 Å². The summed E-state index contributed by atoms with van der Waals surface area (Å²) in [5, 5.41) is 11.5. The van der Waals surface area contributed by atoms with Crippen LogP contribution in [0.5, 0.6) is 5.75 Å². The molecule has 0 fully saturated rings. The molecule has 2 rings (SSSR count). The molecule has 0 aromatic heterocycles. The van der Waals surface area contributed by atoms with Gasteiger partial charge in [-0.1, -0.05) is 37.3 Å². The van der Waals surface area contributed by atoms with Crippen molar-refractivity contribution in [1.82, 2.24) is 4.90 Å². The molecule has 0 unspecified atom stereocenters. The van der Waals surface area contributed by atoms with Gasteiger partial charge in [-0.25, -0.2) is 0 Å². The van der Waals surface area contributed by atoms with Crippen molar-refractivity contribution in [3.05, 3.63) is 42.0 Å². The highest BCUT2D eigenvalue weighted by Gasteiger charge is 2.09. The molecule has 2 aromatic rings. The van der Waals surface area contributed by atoms with Gasteiger partial charge in [0.25, 0.3) is 0 Å². The SMILES string of the molecule is CCCN(CCO)Cc1ccc(OC)c2ccccc12. The van der Waals surface area contributed by atoms with E-state index < -0.39 is 0 Å². The fourth-order valence-electron chi connectivity index (χ4n) is 2.62. The summed E-state index contributed by atoms with van der Waals surface area (Å²) in [5.74, 6) is 0.911. The van der Waals surface area contributed by atoms with Crippen LogP contribution in [0.25, 0.3) is 10.8 Å². The van der Waals surface area contributed by atoms with Crippen LogP contribution in [-0.2, 0) is 6.54 Å². The maximum atomic E-state index is 9.18. The number of fused-ring (bicyclic) bond motifs is 1. The predicted octanol–water partition coefficient (Wildman–Crippen LogP) is 3.05. The Morgan fingerprint density at radius 2 is 1.80 bits per heavy atom. The molecule has 0 aliphatic heterocycles. The highest BCUT2D eigenvalue weighted by Crippen LogP contribution is 2.29. The lowest BCUT2D eigenvalue weighted by atomic mass is 10.0. The molecule has 0 radical (unpaired) electrons. The molecule has 0 saturated carbocycles. The Labute approximate surface area is 120 Å². The minimum atomic E-state index is 0.202. The van der Waals surface area contributed by atoms with Crippen LogP contribution >= 0.6 is 0 Å². The summed E-state index contributed by atoms with van der Waals surface area (Å²) in [5.41, 5.74) is 1.28. The third-order valence-corrected chi connectivity index (χ3v) is 3.54. The predicted molar refractivity (Wildman–Crippen MR) is 83.2 cm³/mol. The molecule has 0 atom stereocenters. The molecular formula is C17H23NO2. The smallest absolute Gasteiger partial charge is 0.126 e. The second-order valence-corrected chi connectivity index (χ2v) is 4.97. The zero-order valence-corrected chi connectivity index (χ0v) is 12.3. The molecule has 20 heavy (non-hydrogen) atoms. The molecule has 0 heterocycles. The Hall–Kier alpha value is -1.58. The number of rotatable bonds is 7. The maximum absolute atomic E-state index is 9.18. The summed E-state index contributed by atoms with van der Waals surface area (Å²) in [6.45, 7) is 4.94. The fourth-order valence-corrected chi connectivity index (χ4v) is 2.62. The van der Waals surface area contributed by atoms with Crippen molar-refractivity contribution in [2.45, 2.75) is 19.9 Å². The summed E-state index contributed by atoms with van der Waals surface area (Å²) in [6, 6.07) is 12.5. The lowest BCUT2D eigenvalue weighted by Crippen LogP contribution is -2.27. The lowest BCUT2D eigenvalue weighted by Gasteiger charge is -2.22. The van der Waals surface area contributed by atoms with E-state index in [0.717, 1.165) is 30.6 Å². The van der Waals surface area contributed by atoms with Crippen molar-refractivity contribution < 1.29 is 9.84 Å². The molecule has 2 aromatic carbocycles. The van der Waals surface area contributed by atoms with E-state index >= 15 is 0 Å². The fraction of sp³-hybridized carbons (Fsp3) is 0.412. The largest absolute Gasteiger partial charge is 0.496 e. The Bertz CT molecular complexity index is 548. The summed E-state index contributed by atoms with van der Waals surface area (Å²) in [6.07, 6.45) is 1.09. The minimum Gasteiger partial charge on any atom is -0.496 e. The van der Waals surface area contributed by atoms with Gasteiger partial charge in [-0.15, -0.1) is 0 Å². The molecule has 0 spiro atoms. The lowest BCUT2D eigenvalue weighted by molar-refractivity contribution is 0.191. The van der Waals surface area contributed by atoms with Gasteiger partial charge in [0.15, 0.2) is 0 Å². The first-order valence-corrected chi connectivity index (χ1v) is 7.18. The van der Waals surface area contributed by atoms with Gasteiger partial charge in [-0.05, 0) is 30.0 Å². The van der Waals surface area contributed by atoms with Crippen LogP contribution in [0.1, 0.15) is 18.9 Å². The average molecular weight is 273 g/mol.